The van der Waals surface area contributed by atoms with Gasteiger partial charge in [0.15, 0.2) is 0 Å². The average molecular weight is 329 g/mol. The molecule has 2 amide bonds. The summed E-state index contributed by atoms with van der Waals surface area (Å²) in [5.74, 6) is 0.749. The molecule has 0 saturated carbocycles. The predicted octanol–water partition coefficient (Wildman–Crippen LogP) is 3.61. The van der Waals surface area contributed by atoms with Crippen LogP contribution >= 0.6 is 0 Å². The molecule has 0 atom stereocenters. The Morgan fingerprint density at radius 3 is 2.42 bits per heavy atom. The molecule has 1 aromatic rings. The number of nitrogens with zero attached hydrogens (tertiary/aromatic N) is 2. The van der Waals surface area contributed by atoms with E-state index in [1.165, 1.54) is 43.5 Å². The Morgan fingerprint density at radius 1 is 1.04 bits per heavy atom. The Morgan fingerprint density at radius 2 is 1.71 bits per heavy atom. The molecule has 2 saturated heterocycles. The molecular formula is C20H31N3O. The second kappa shape index (κ2) is 8.52. The Hall–Kier alpha value is -1.55. The third kappa shape index (κ3) is 4.73. The predicted molar refractivity (Wildman–Crippen MR) is 97.8 cm³/mol. The molecule has 0 radical (unpaired) electrons. The molecule has 0 unspecified atom stereocenters. The molecule has 1 N–H and O–H groups in total. The van der Waals surface area contributed by atoms with Crippen LogP contribution in [0.3, 0.4) is 0 Å². The van der Waals surface area contributed by atoms with Crippen molar-refractivity contribution in [1.82, 2.24) is 15.1 Å². The fourth-order valence-electron chi connectivity index (χ4n) is 3.74. The van der Waals surface area contributed by atoms with E-state index < -0.39 is 0 Å². The second-order valence-electron chi connectivity index (χ2n) is 7.43. The summed E-state index contributed by atoms with van der Waals surface area (Å²) in [5.41, 5.74) is 2.61. The van der Waals surface area contributed by atoms with Gasteiger partial charge >= 0.3 is 6.03 Å². The van der Waals surface area contributed by atoms with Crippen molar-refractivity contribution in [1.29, 1.82) is 0 Å². The van der Waals surface area contributed by atoms with Gasteiger partial charge in [0.25, 0.3) is 0 Å². The molecule has 4 heteroatoms. The molecule has 0 aromatic heterocycles. The fraction of sp³-hybridized carbons (Fsp3) is 0.650. The summed E-state index contributed by atoms with van der Waals surface area (Å²) in [7, 11) is 0. The van der Waals surface area contributed by atoms with Gasteiger partial charge in [-0.25, -0.2) is 4.79 Å². The van der Waals surface area contributed by atoms with Gasteiger partial charge in [0, 0.05) is 26.2 Å². The lowest BCUT2D eigenvalue weighted by molar-refractivity contribution is 0.173. The number of nitrogens with one attached hydrogen (secondary N) is 1. The van der Waals surface area contributed by atoms with Gasteiger partial charge in [-0.15, -0.1) is 0 Å². The minimum Gasteiger partial charge on any atom is -0.334 e. The Kier molecular flexibility index (Phi) is 6.13. The summed E-state index contributed by atoms with van der Waals surface area (Å²) in [5, 5.41) is 3.13. The zero-order chi connectivity index (χ0) is 16.8. The largest absolute Gasteiger partial charge is 0.334 e. The number of hydrogen-bond donors (Lipinski definition) is 1. The molecule has 0 aliphatic carbocycles. The van der Waals surface area contributed by atoms with Gasteiger partial charge in [0.2, 0.25) is 0 Å². The molecule has 0 bridgehead atoms. The van der Waals surface area contributed by atoms with Crippen molar-refractivity contribution in [2.45, 2.75) is 52.1 Å². The van der Waals surface area contributed by atoms with Crippen molar-refractivity contribution in [3.8, 4) is 0 Å². The highest BCUT2D eigenvalue weighted by Gasteiger charge is 2.20. The summed E-state index contributed by atoms with van der Waals surface area (Å²) in [6.07, 6.45) is 6.24. The summed E-state index contributed by atoms with van der Waals surface area (Å²) in [4.78, 5) is 16.9. The van der Waals surface area contributed by atoms with Crippen molar-refractivity contribution < 1.29 is 4.79 Å². The average Bonchev–Trinajstić information content (AvgIpc) is 2.62. The van der Waals surface area contributed by atoms with Crippen molar-refractivity contribution in [3.63, 3.8) is 0 Å². The fourth-order valence-corrected chi connectivity index (χ4v) is 3.74. The highest BCUT2D eigenvalue weighted by molar-refractivity contribution is 5.74. The summed E-state index contributed by atoms with van der Waals surface area (Å²) in [6.45, 7) is 8.10. The minimum atomic E-state index is 0.0923. The first-order valence-electron chi connectivity index (χ1n) is 9.54. The molecule has 1 aromatic carbocycles. The SMILES string of the molecule is CC1CCN(C(=O)NCc2ccccc2CN2CCCCC2)CC1. The van der Waals surface area contributed by atoms with Crippen LogP contribution in [0.15, 0.2) is 24.3 Å². The van der Waals surface area contributed by atoms with E-state index >= 15 is 0 Å². The molecule has 3 rings (SSSR count). The zero-order valence-corrected chi connectivity index (χ0v) is 15.0. The number of hydrogen-bond acceptors (Lipinski definition) is 2. The van der Waals surface area contributed by atoms with E-state index in [0.717, 1.165) is 38.4 Å². The van der Waals surface area contributed by atoms with Crippen LogP contribution in [0.5, 0.6) is 0 Å². The molecule has 24 heavy (non-hydrogen) atoms. The van der Waals surface area contributed by atoms with E-state index in [-0.39, 0.29) is 6.03 Å². The molecular weight excluding hydrogens is 298 g/mol. The summed E-state index contributed by atoms with van der Waals surface area (Å²) in [6, 6.07) is 8.63. The number of benzene rings is 1. The molecule has 2 fully saturated rings. The number of piperidine rings is 2. The lowest BCUT2D eigenvalue weighted by Crippen LogP contribution is -2.44. The van der Waals surface area contributed by atoms with Crippen molar-refractivity contribution in [2.24, 2.45) is 5.92 Å². The van der Waals surface area contributed by atoms with Crippen LogP contribution in [0, 0.1) is 5.92 Å². The number of amides is 2. The quantitative estimate of drug-likeness (QED) is 0.916. The molecule has 2 heterocycles. The van der Waals surface area contributed by atoms with E-state index in [1.54, 1.807) is 0 Å². The maximum absolute atomic E-state index is 12.4. The van der Waals surface area contributed by atoms with E-state index in [1.807, 2.05) is 4.90 Å². The van der Waals surface area contributed by atoms with E-state index in [4.69, 9.17) is 0 Å². The van der Waals surface area contributed by atoms with Gasteiger partial charge in [-0.05, 0) is 55.8 Å². The van der Waals surface area contributed by atoms with E-state index in [9.17, 15) is 4.79 Å². The number of likely N-dealkylation sites (tertiary alicyclic amines) is 2. The smallest absolute Gasteiger partial charge is 0.317 e. The second-order valence-corrected chi connectivity index (χ2v) is 7.43. The number of urea groups is 1. The van der Waals surface area contributed by atoms with Crippen LogP contribution in [-0.4, -0.2) is 42.0 Å². The number of carbonyl (C=O) groups is 1. The van der Waals surface area contributed by atoms with Crippen molar-refractivity contribution >= 4 is 6.03 Å². The van der Waals surface area contributed by atoms with E-state index in [0.29, 0.717) is 6.54 Å². The van der Waals surface area contributed by atoms with Crippen LogP contribution in [0.1, 0.15) is 50.2 Å². The molecule has 2 aliphatic heterocycles. The lowest BCUT2D eigenvalue weighted by atomic mass is 10.00. The van der Waals surface area contributed by atoms with E-state index in [2.05, 4.69) is 41.4 Å². The molecule has 132 valence electrons. The maximum atomic E-state index is 12.4. The minimum absolute atomic E-state index is 0.0923. The van der Waals surface area contributed by atoms with Crippen LogP contribution in [-0.2, 0) is 13.1 Å². The van der Waals surface area contributed by atoms with Crippen LogP contribution < -0.4 is 5.32 Å². The summed E-state index contributed by atoms with van der Waals surface area (Å²) < 4.78 is 0. The molecule has 4 nitrogen and oxygen atoms in total. The first-order valence-corrected chi connectivity index (χ1v) is 9.54. The summed E-state index contributed by atoms with van der Waals surface area (Å²) >= 11 is 0. The highest BCUT2D eigenvalue weighted by atomic mass is 16.2. The monoisotopic (exact) mass is 329 g/mol. The first-order chi connectivity index (χ1) is 11.7. The third-order valence-corrected chi connectivity index (χ3v) is 5.46. The zero-order valence-electron chi connectivity index (χ0n) is 15.0. The lowest BCUT2D eigenvalue weighted by Gasteiger charge is -2.30. The van der Waals surface area contributed by atoms with Crippen molar-refractivity contribution in [3.05, 3.63) is 35.4 Å². The molecule has 0 spiro atoms. The van der Waals surface area contributed by atoms with Crippen LogP contribution in [0.2, 0.25) is 0 Å². The molecule has 2 aliphatic rings. The first kappa shape index (κ1) is 17.3. The van der Waals surface area contributed by atoms with Crippen LogP contribution in [0.4, 0.5) is 4.79 Å². The van der Waals surface area contributed by atoms with Gasteiger partial charge in [0.05, 0.1) is 0 Å². The van der Waals surface area contributed by atoms with Crippen LogP contribution in [0.25, 0.3) is 0 Å². The van der Waals surface area contributed by atoms with Gasteiger partial charge in [-0.2, -0.15) is 0 Å². The standard InChI is InChI=1S/C20H31N3O/c1-17-9-13-23(14-10-17)20(24)21-15-18-7-3-4-8-19(18)16-22-11-5-2-6-12-22/h3-4,7-8,17H,2,5-6,9-16H2,1H3,(H,21,24). The van der Waals surface area contributed by atoms with Gasteiger partial charge in [-0.3, -0.25) is 4.90 Å². The number of carbonyl (C=O) groups excluding carboxylic acids is 1. The maximum Gasteiger partial charge on any atom is 0.317 e. The Labute approximate surface area is 146 Å². The Bertz CT molecular complexity index is 531. The Balaban J connectivity index is 1.53. The van der Waals surface area contributed by atoms with Gasteiger partial charge in [-0.1, -0.05) is 37.6 Å². The normalized spacial score (nSPS) is 20.1. The van der Waals surface area contributed by atoms with Gasteiger partial charge in [0.1, 0.15) is 0 Å². The third-order valence-electron chi connectivity index (χ3n) is 5.46. The highest BCUT2D eigenvalue weighted by Crippen LogP contribution is 2.18. The van der Waals surface area contributed by atoms with Gasteiger partial charge < -0.3 is 10.2 Å². The van der Waals surface area contributed by atoms with Crippen molar-refractivity contribution in [2.75, 3.05) is 26.2 Å². The number of rotatable bonds is 4. The topological polar surface area (TPSA) is 35.6 Å².